The molecule has 0 aliphatic carbocycles. The summed E-state index contributed by atoms with van der Waals surface area (Å²) in [6.45, 7) is 3.75. The molecule has 0 bridgehead atoms. The third-order valence-electron chi connectivity index (χ3n) is 5.46. The maximum Gasteiger partial charge on any atom is 0.243 e. The first-order valence-corrected chi connectivity index (χ1v) is 12.9. The van der Waals surface area contributed by atoms with Gasteiger partial charge in [0, 0.05) is 25.7 Å². The average molecular weight is 434 g/mol. The fourth-order valence-corrected chi connectivity index (χ4v) is 6.66. The smallest absolute Gasteiger partial charge is 0.243 e. The Labute approximate surface area is 167 Å². The highest BCUT2D eigenvalue weighted by Gasteiger charge is 2.38. The molecule has 158 valence electrons. The van der Waals surface area contributed by atoms with Crippen molar-refractivity contribution in [2.45, 2.75) is 36.6 Å². The van der Waals surface area contributed by atoms with Crippen molar-refractivity contribution in [3.63, 3.8) is 0 Å². The molecule has 0 N–H and O–H groups in total. The van der Waals surface area contributed by atoms with Gasteiger partial charge in [0.1, 0.15) is 5.82 Å². The number of rotatable bonds is 8. The molecule has 0 aromatic heterocycles. The van der Waals surface area contributed by atoms with Gasteiger partial charge in [-0.05, 0) is 69.6 Å². The molecule has 2 aliphatic heterocycles. The molecule has 0 saturated carbocycles. The van der Waals surface area contributed by atoms with Gasteiger partial charge in [-0.3, -0.25) is 0 Å². The molecule has 2 saturated heterocycles. The summed E-state index contributed by atoms with van der Waals surface area (Å²) in [5.41, 5.74) is 0. The summed E-state index contributed by atoms with van der Waals surface area (Å²) in [4.78, 5) is 2.36. The van der Waals surface area contributed by atoms with Gasteiger partial charge in [-0.25, -0.2) is 21.2 Å². The fraction of sp³-hybridized carbons (Fsp3) is 0.667. The molecular weight excluding hydrogens is 405 g/mol. The number of sulfonamides is 2. The molecule has 0 spiro atoms. The summed E-state index contributed by atoms with van der Waals surface area (Å²) >= 11 is 0. The standard InChI is InChI=1S/C18H28FN3O4S2/c1-27(23,24)22(13-4-12-20-10-2-3-11-20)17-9-14-21(15-17)28(25,26)18-7-5-16(19)6-8-18/h5-8,17H,2-4,9-15H2,1H3. The largest absolute Gasteiger partial charge is 0.303 e. The van der Waals surface area contributed by atoms with E-state index in [1.165, 1.54) is 39.8 Å². The van der Waals surface area contributed by atoms with E-state index in [0.29, 0.717) is 13.0 Å². The Kier molecular flexibility index (Phi) is 6.76. The highest BCUT2D eigenvalue weighted by Crippen LogP contribution is 2.25. The Hall–Kier alpha value is -1.07. The maximum atomic E-state index is 13.1. The first-order valence-electron chi connectivity index (χ1n) is 9.63. The van der Waals surface area contributed by atoms with Gasteiger partial charge in [-0.2, -0.15) is 8.61 Å². The summed E-state index contributed by atoms with van der Waals surface area (Å²) in [7, 11) is -7.20. The molecular formula is C18H28FN3O4S2. The van der Waals surface area contributed by atoms with Gasteiger partial charge in [0.25, 0.3) is 0 Å². The van der Waals surface area contributed by atoms with Crippen molar-refractivity contribution in [1.82, 2.24) is 13.5 Å². The summed E-state index contributed by atoms with van der Waals surface area (Å²) < 4.78 is 66.0. The zero-order valence-corrected chi connectivity index (χ0v) is 17.8. The quantitative estimate of drug-likeness (QED) is 0.618. The molecule has 2 fully saturated rings. The van der Waals surface area contributed by atoms with Crippen molar-refractivity contribution in [2.75, 3.05) is 45.5 Å². The Bertz CT molecular complexity index is 869. The van der Waals surface area contributed by atoms with Crippen molar-refractivity contribution in [1.29, 1.82) is 0 Å². The van der Waals surface area contributed by atoms with Crippen LogP contribution in [0.1, 0.15) is 25.7 Å². The summed E-state index contributed by atoms with van der Waals surface area (Å²) in [6, 6.07) is 4.33. The molecule has 1 atom stereocenters. The predicted octanol–water partition coefficient (Wildman–Crippen LogP) is 1.34. The van der Waals surface area contributed by atoms with Crippen LogP contribution in [-0.2, 0) is 20.0 Å². The summed E-state index contributed by atoms with van der Waals surface area (Å²) in [5, 5.41) is 0. The van der Waals surface area contributed by atoms with Gasteiger partial charge in [0.15, 0.2) is 0 Å². The van der Waals surface area contributed by atoms with Gasteiger partial charge in [0.05, 0.1) is 11.2 Å². The molecule has 28 heavy (non-hydrogen) atoms. The first-order chi connectivity index (χ1) is 13.2. The monoisotopic (exact) mass is 433 g/mol. The van der Waals surface area contributed by atoms with Crippen molar-refractivity contribution in [3.8, 4) is 0 Å². The third kappa shape index (κ3) is 5.10. The van der Waals surface area contributed by atoms with E-state index in [1.54, 1.807) is 0 Å². The molecule has 0 radical (unpaired) electrons. The second-order valence-electron chi connectivity index (χ2n) is 7.54. The normalized spacial score (nSPS) is 22.3. The average Bonchev–Trinajstić information content (AvgIpc) is 3.30. The Morgan fingerprint density at radius 2 is 1.71 bits per heavy atom. The van der Waals surface area contributed by atoms with Gasteiger partial charge >= 0.3 is 0 Å². The lowest BCUT2D eigenvalue weighted by Crippen LogP contribution is -2.43. The van der Waals surface area contributed by atoms with Gasteiger partial charge in [0.2, 0.25) is 20.0 Å². The van der Waals surface area contributed by atoms with Crippen LogP contribution in [0.3, 0.4) is 0 Å². The highest BCUT2D eigenvalue weighted by atomic mass is 32.2. The number of hydrogen-bond acceptors (Lipinski definition) is 5. The van der Waals surface area contributed by atoms with Crippen LogP contribution in [0.2, 0.25) is 0 Å². The molecule has 1 unspecified atom stereocenters. The Morgan fingerprint density at radius 1 is 1.07 bits per heavy atom. The second-order valence-corrected chi connectivity index (χ2v) is 11.4. The van der Waals surface area contributed by atoms with Crippen molar-refractivity contribution >= 4 is 20.0 Å². The number of nitrogens with zero attached hydrogens (tertiary/aromatic N) is 3. The molecule has 2 aliphatic rings. The van der Waals surface area contributed by atoms with Crippen LogP contribution in [0, 0.1) is 5.82 Å². The Balaban J connectivity index is 1.65. The van der Waals surface area contributed by atoms with Crippen LogP contribution in [0.5, 0.6) is 0 Å². The van der Waals surface area contributed by atoms with E-state index in [9.17, 15) is 21.2 Å². The van der Waals surface area contributed by atoms with Crippen LogP contribution in [0.25, 0.3) is 0 Å². The minimum absolute atomic E-state index is 0.0227. The van der Waals surface area contributed by atoms with Crippen LogP contribution < -0.4 is 0 Å². The van der Waals surface area contributed by atoms with Crippen molar-refractivity contribution < 1.29 is 21.2 Å². The lowest BCUT2D eigenvalue weighted by Gasteiger charge is -2.27. The fourth-order valence-electron chi connectivity index (χ4n) is 4.00. The second kappa shape index (κ2) is 8.74. The van der Waals surface area contributed by atoms with E-state index in [-0.39, 0.29) is 24.0 Å². The van der Waals surface area contributed by atoms with E-state index >= 15 is 0 Å². The first kappa shape index (κ1) is 21.6. The summed E-state index contributed by atoms with van der Waals surface area (Å²) in [5.74, 6) is -0.500. The van der Waals surface area contributed by atoms with E-state index < -0.39 is 25.9 Å². The predicted molar refractivity (Wildman–Crippen MR) is 105 cm³/mol. The molecule has 7 nitrogen and oxygen atoms in total. The SMILES string of the molecule is CS(=O)(=O)N(CCCN1CCCC1)C1CCN(S(=O)(=O)c2ccc(F)cc2)C1. The maximum absolute atomic E-state index is 13.1. The van der Waals surface area contributed by atoms with Crippen molar-refractivity contribution in [3.05, 3.63) is 30.1 Å². The van der Waals surface area contributed by atoms with E-state index in [0.717, 1.165) is 38.2 Å². The molecule has 1 aromatic carbocycles. The van der Waals surface area contributed by atoms with Gasteiger partial charge in [-0.15, -0.1) is 0 Å². The lowest BCUT2D eigenvalue weighted by atomic mass is 10.2. The van der Waals surface area contributed by atoms with E-state index in [2.05, 4.69) is 4.90 Å². The minimum atomic E-state index is -3.76. The molecule has 2 heterocycles. The summed E-state index contributed by atoms with van der Waals surface area (Å²) in [6.07, 6.45) is 4.74. The third-order valence-corrected chi connectivity index (χ3v) is 8.67. The van der Waals surface area contributed by atoms with Crippen LogP contribution in [-0.4, -0.2) is 81.9 Å². The molecule has 10 heteroatoms. The lowest BCUT2D eigenvalue weighted by molar-refractivity contribution is 0.282. The minimum Gasteiger partial charge on any atom is -0.303 e. The number of likely N-dealkylation sites (tertiary alicyclic amines) is 1. The molecule has 1 aromatic rings. The zero-order valence-electron chi connectivity index (χ0n) is 16.1. The van der Waals surface area contributed by atoms with Crippen LogP contribution in [0.15, 0.2) is 29.2 Å². The van der Waals surface area contributed by atoms with E-state index in [1.807, 2.05) is 0 Å². The van der Waals surface area contributed by atoms with Crippen LogP contribution >= 0.6 is 0 Å². The van der Waals surface area contributed by atoms with Gasteiger partial charge in [-0.1, -0.05) is 0 Å². The molecule has 3 rings (SSSR count). The number of hydrogen-bond donors (Lipinski definition) is 0. The molecule has 0 amide bonds. The van der Waals surface area contributed by atoms with E-state index in [4.69, 9.17) is 0 Å². The van der Waals surface area contributed by atoms with Gasteiger partial charge < -0.3 is 4.90 Å². The number of halogens is 1. The topological polar surface area (TPSA) is 78.0 Å². The van der Waals surface area contributed by atoms with Crippen LogP contribution in [0.4, 0.5) is 4.39 Å². The highest BCUT2D eigenvalue weighted by molar-refractivity contribution is 7.89. The number of benzene rings is 1. The Morgan fingerprint density at radius 3 is 2.32 bits per heavy atom. The zero-order chi connectivity index (χ0) is 20.4. The van der Waals surface area contributed by atoms with Crippen molar-refractivity contribution in [2.24, 2.45) is 0 Å².